The molecule has 2 N–H and O–H groups in total. The maximum Gasteiger partial charge on any atom is 0.158 e. The first kappa shape index (κ1) is 14.9. The molecule has 1 aliphatic carbocycles. The Morgan fingerprint density at radius 2 is 2.11 bits per heavy atom. The van der Waals surface area contributed by atoms with E-state index in [-0.39, 0.29) is 24.4 Å². The van der Waals surface area contributed by atoms with Crippen LogP contribution >= 0.6 is 0 Å². The van der Waals surface area contributed by atoms with Crippen LogP contribution in [0.15, 0.2) is 34.9 Å². The van der Waals surface area contributed by atoms with E-state index in [1.54, 1.807) is 6.08 Å². The van der Waals surface area contributed by atoms with E-state index in [4.69, 9.17) is 5.11 Å². The van der Waals surface area contributed by atoms with Gasteiger partial charge in [0.2, 0.25) is 0 Å². The van der Waals surface area contributed by atoms with Crippen LogP contribution in [0.25, 0.3) is 0 Å². The molecule has 0 fully saturated rings. The molecule has 0 saturated carbocycles. The molecule has 0 aromatic heterocycles. The first-order valence-corrected chi connectivity index (χ1v) is 6.25. The second-order valence-electron chi connectivity index (χ2n) is 5.14. The molecule has 18 heavy (non-hydrogen) atoms. The predicted molar refractivity (Wildman–Crippen MR) is 72.1 cm³/mol. The van der Waals surface area contributed by atoms with Gasteiger partial charge in [-0.1, -0.05) is 30.7 Å². The van der Waals surface area contributed by atoms with E-state index in [0.717, 1.165) is 16.7 Å². The van der Waals surface area contributed by atoms with Gasteiger partial charge in [-0.2, -0.15) is 0 Å². The SMILES string of the molecule is CC(C=CC1=C(C)C(=O)CCC1(C)CO)=CCO. The number of carbonyl (C=O) groups excluding carboxylic acids is 1. The summed E-state index contributed by atoms with van der Waals surface area (Å²) in [7, 11) is 0. The molecule has 0 saturated heterocycles. The fraction of sp³-hybridized carbons (Fsp3) is 0.533. The van der Waals surface area contributed by atoms with Gasteiger partial charge in [-0.15, -0.1) is 0 Å². The van der Waals surface area contributed by atoms with Crippen LogP contribution in [0, 0.1) is 5.41 Å². The van der Waals surface area contributed by atoms with Gasteiger partial charge in [0.1, 0.15) is 0 Å². The minimum Gasteiger partial charge on any atom is -0.395 e. The predicted octanol–water partition coefficient (Wildman–Crippen LogP) is 2.16. The molecule has 0 aliphatic heterocycles. The highest BCUT2D eigenvalue weighted by atomic mass is 16.3. The van der Waals surface area contributed by atoms with Crippen LogP contribution in [-0.2, 0) is 4.79 Å². The van der Waals surface area contributed by atoms with Crippen molar-refractivity contribution in [3.8, 4) is 0 Å². The lowest BCUT2D eigenvalue weighted by Gasteiger charge is -2.34. The van der Waals surface area contributed by atoms with Crippen LogP contribution in [-0.4, -0.2) is 29.2 Å². The lowest BCUT2D eigenvalue weighted by Crippen LogP contribution is -2.30. The van der Waals surface area contributed by atoms with Gasteiger partial charge in [0.15, 0.2) is 5.78 Å². The van der Waals surface area contributed by atoms with E-state index < -0.39 is 0 Å². The van der Waals surface area contributed by atoms with Crippen molar-refractivity contribution < 1.29 is 15.0 Å². The number of ketones is 1. The lowest BCUT2D eigenvalue weighted by atomic mass is 9.71. The third-order valence-electron chi connectivity index (χ3n) is 3.65. The Hall–Kier alpha value is -1.19. The smallest absolute Gasteiger partial charge is 0.158 e. The fourth-order valence-corrected chi connectivity index (χ4v) is 2.23. The van der Waals surface area contributed by atoms with E-state index in [2.05, 4.69) is 0 Å². The number of Topliss-reactive ketones (excluding diaryl/α,β-unsaturated/α-hetero) is 1. The van der Waals surface area contributed by atoms with Crippen molar-refractivity contribution >= 4 is 5.78 Å². The molecule has 3 nitrogen and oxygen atoms in total. The Kier molecular flexibility index (Phi) is 5.05. The average molecular weight is 250 g/mol. The molecule has 1 aliphatic rings. The van der Waals surface area contributed by atoms with Crippen LogP contribution < -0.4 is 0 Å². The Morgan fingerprint density at radius 3 is 2.67 bits per heavy atom. The van der Waals surface area contributed by atoms with Crippen molar-refractivity contribution in [1.82, 2.24) is 0 Å². The molecule has 0 aromatic rings. The van der Waals surface area contributed by atoms with Crippen LogP contribution in [0.4, 0.5) is 0 Å². The van der Waals surface area contributed by atoms with E-state index in [1.807, 2.05) is 32.9 Å². The zero-order valence-electron chi connectivity index (χ0n) is 11.4. The van der Waals surface area contributed by atoms with Crippen LogP contribution in [0.3, 0.4) is 0 Å². The monoisotopic (exact) mass is 250 g/mol. The summed E-state index contributed by atoms with van der Waals surface area (Å²) < 4.78 is 0. The number of aliphatic hydroxyl groups is 2. The highest BCUT2D eigenvalue weighted by Crippen LogP contribution is 2.39. The quantitative estimate of drug-likeness (QED) is 0.752. The van der Waals surface area contributed by atoms with Crippen LogP contribution in [0.5, 0.6) is 0 Å². The molecule has 1 atom stereocenters. The van der Waals surface area contributed by atoms with Gasteiger partial charge in [-0.3, -0.25) is 4.79 Å². The molecule has 100 valence electrons. The summed E-state index contributed by atoms with van der Waals surface area (Å²) in [6, 6.07) is 0. The second-order valence-corrected chi connectivity index (χ2v) is 5.14. The molecule has 0 radical (unpaired) electrons. The molecule has 0 heterocycles. The Bertz CT molecular complexity index is 415. The zero-order valence-corrected chi connectivity index (χ0v) is 11.4. The molecule has 3 heteroatoms. The van der Waals surface area contributed by atoms with Gasteiger partial charge in [0.25, 0.3) is 0 Å². The summed E-state index contributed by atoms with van der Waals surface area (Å²) in [5.74, 6) is 0.157. The zero-order chi connectivity index (χ0) is 13.8. The lowest BCUT2D eigenvalue weighted by molar-refractivity contribution is -0.116. The van der Waals surface area contributed by atoms with Crippen molar-refractivity contribution in [3.05, 3.63) is 34.9 Å². The topological polar surface area (TPSA) is 57.5 Å². The first-order valence-electron chi connectivity index (χ1n) is 6.25. The largest absolute Gasteiger partial charge is 0.395 e. The molecule has 0 bridgehead atoms. The van der Waals surface area contributed by atoms with Crippen molar-refractivity contribution in [1.29, 1.82) is 0 Å². The standard InChI is InChI=1S/C15H22O3/c1-11(7-9-16)4-5-13-12(2)14(18)6-8-15(13,3)10-17/h4-5,7,16-17H,6,8-10H2,1-3H3. The summed E-state index contributed by atoms with van der Waals surface area (Å²) in [4.78, 5) is 11.8. The van der Waals surface area contributed by atoms with Gasteiger partial charge < -0.3 is 10.2 Å². The summed E-state index contributed by atoms with van der Waals surface area (Å²) in [5.41, 5.74) is 2.25. The average Bonchev–Trinajstić information content (AvgIpc) is 2.34. The molecule has 0 spiro atoms. The fourth-order valence-electron chi connectivity index (χ4n) is 2.23. The Balaban J connectivity index is 3.10. The van der Waals surface area contributed by atoms with Crippen LogP contribution in [0.1, 0.15) is 33.6 Å². The minimum atomic E-state index is -0.339. The minimum absolute atomic E-state index is 0.00437. The summed E-state index contributed by atoms with van der Waals surface area (Å²) >= 11 is 0. The van der Waals surface area contributed by atoms with E-state index in [9.17, 15) is 9.90 Å². The number of hydrogen-bond acceptors (Lipinski definition) is 3. The van der Waals surface area contributed by atoms with Crippen LogP contribution in [0.2, 0.25) is 0 Å². The van der Waals surface area contributed by atoms with E-state index in [1.165, 1.54) is 0 Å². The van der Waals surface area contributed by atoms with E-state index in [0.29, 0.717) is 12.8 Å². The van der Waals surface area contributed by atoms with Gasteiger partial charge in [0.05, 0.1) is 13.2 Å². The van der Waals surface area contributed by atoms with Crippen molar-refractivity contribution in [2.24, 2.45) is 5.41 Å². The Labute approximate surface area is 109 Å². The van der Waals surface area contributed by atoms with Gasteiger partial charge in [0, 0.05) is 11.8 Å². The van der Waals surface area contributed by atoms with Crippen molar-refractivity contribution in [3.63, 3.8) is 0 Å². The third kappa shape index (κ3) is 3.18. The third-order valence-corrected chi connectivity index (χ3v) is 3.65. The highest BCUT2D eigenvalue weighted by molar-refractivity contribution is 5.97. The number of allylic oxidation sites excluding steroid dienone is 4. The highest BCUT2D eigenvalue weighted by Gasteiger charge is 2.34. The van der Waals surface area contributed by atoms with Gasteiger partial charge in [-0.05, 0) is 31.4 Å². The number of carbonyl (C=O) groups is 1. The van der Waals surface area contributed by atoms with Crippen molar-refractivity contribution in [2.75, 3.05) is 13.2 Å². The summed E-state index contributed by atoms with van der Waals surface area (Å²) in [6.07, 6.45) is 6.66. The number of aliphatic hydroxyl groups excluding tert-OH is 2. The second kappa shape index (κ2) is 6.12. The Morgan fingerprint density at radius 1 is 1.44 bits per heavy atom. The molecule has 1 unspecified atom stereocenters. The normalized spacial score (nSPS) is 26.3. The number of rotatable bonds is 4. The van der Waals surface area contributed by atoms with E-state index >= 15 is 0 Å². The molecular weight excluding hydrogens is 228 g/mol. The molecule has 0 aromatic carbocycles. The maximum atomic E-state index is 11.8. The number of hydrogen-bond donors (Lipinski definition) is 2. The summed E-state index contributed by atoms with van der Waals surface area (Å²) in [5, 5.41) is 18.4. The summed E-state index contributed by atoms with van der Waals surface area (Å²) in [6.45, 7) is 5.74. The molecule has 0 amide bonds. The van der Waals surface area contributed by atoms with Gasteiger partial charge in [-0.25, -0.2) is 0 Å². The molecular formula is C15H22O3. The van der Waals surface area contributed by atoms with Crippen molar-refractivity contribution in [2.45, 2.75) is 33.6 Å². The molecule has 1 rings (SSSR count). The van der Waals surface area contributed by atoms with Gasteiger partial charge >= 0.3 is 0 Å². The first-order chi connectivity index (χ1) is 8.44. The maximum absolute atomic E-state index is 11.8.